The molecule has 3 heterocycles. The molecule has 1 aromatic carbocycles. The van der Waals surface area contributed by atoms with Crippen molar-refractivity contribution in [2.24, 2.45) is 0 Å². The molecule has 8 heteroatoms. The quantitative estimate of drug-likeness (QED) is 0.609. The fraction of sp³-hybridized carbons (Fsp3) is 0.478. The van der Waals surface area contributed by atoms with Crippen LogP contribution < -0.4 is 0 Å². The summed E-state index contributed by atoms with van der Waals surface area (Å²) in [6.07, 6.45) is 8.42. The monoisotopic (exact) mass is 421 g/mol. The van der Waals surface area contributed by atoms with Crippen LogP contribution in [-0.2, 0) is 6.54 Å². The maximum Gasteiger partial charge on any atom is 0.173 e. The lowest BCUT2D eigenvalue weighted by Gasteiger charge is -2.39. The number of hydrogen-bond acceptors (Lipinski definition) is 6. The van der Waals surface area contributed by atoms with Gasteiger partial charge in [-0.05, 0) is 52.6 Å². The van der Waals surface area contributed by atoms with Crippen LogP contribution in [0.5, 0.6) is 0 Å². The van der Waals surface area contributed by atoms with E-state index in [-0.39, 0.29) is 11.9 Å². The average Bonchev–Trinajstić information content (AvgIpc) is 3.49. The Hall–Kier alpha value is -2.71. The molecule has 3 aromatic rings. The van der Waals surface area contributed by atoms with Gasteiger partial charge >= 0.3 is 0 Å². The number of benzene rings is 1. The second kappa shape index (κ2) is 9.20. The van der Waals surface area contributed by atoms with Crippen LogP contribution in [0.15, 0.2) is 48.8 Å². The molecule has 1 aliphatic heterocycles. The summed E-state index contributed by atoms with van der Waals surface area (Å²) >= 11 is 0. The summed E-state index contributed by atoms with van der Waals surface area (Å²) in [5, 5.41) is 12.9. The zero-order chi connectivity index (χ0) is 21.0. The molecular formula is C23H28FN7. The molecule has 31 heavy (non-hydrogen) atoms. The molecular weight excluding hydrogens is 393 g/mol. The van der Waals surface area contributed by atoms with E-state index in [0.717, 1.165) is 57.0 Å². The van der Waals surface area contributed by atoms with Crippen LogP contribution in [0.2, 0.25) is 0 Å². The number of rotatable bonds is 6. The normalized spacial score (nSPS) is 19.6. The van der Waals surface area contributed by atoms with Gasteiger partial charge in [-0.2, -0.15) is 0 Å². The van der Waals surface area contributed by atoms with E-state index in [2.05, 4.69) is 36.4 Å². The first-order valence-corrected chi connectivity index (χ1v) is 11.2. The van der Waals surface area contributed by atoms with Crippen molar-refractivity contribution >= 4 is 0 Å². The molecule has 2 aromatic heterocycles. The zero-order valence-corrected chi connectivity index (χ0v) is 17.6. The molecule has 1 saturated carbocycles. The maximum absolute atomic E-state index is 13.6. The number of nitrogens with zero attached hydrogens (tertiary/aromatic N) is 7. The Kier molecular flexibility index (Phi) is 5.99. The minimum Gasteiger partial charge on any atom is -0.296 e. The van der Waals surface area contributed by atoms with E-state index in [9.17, 15) is 4.39 Å². The van der Waals surface area contributed by atoms with Crippen LogP contribution in [0, 0.1) is 5.82 Å². The highest BCUT2D eigenvalue weighted by molar-refractivity contribution is 5.26. The van der Waals surface area contributed by atoms with Gasteiger partial charge in [-0.3, -0.25) is 14.8 Å². The summed E-state index contributed by atoms with van der Waals surface area (Å²) in [4.78, 5) is 9.12. The van der Waals surface area contributed by atoms with Gasteiger partial charge in [0, 0.05) is 45.1 Å². The van der Waals surface area contributed by atoms with Crippen molar-refractivity contribution in [1.82, 2.24) is 35.0 Å². The van der Waals surface area contributed by atoms with Crippen LogP contribution >= 0.6 is 0 Å². The van der Waals surface area contributed by atoms with E-state index in [1.165, 1.54) is 30.5 Å². The lowest BCUT2D eigenvalue weighted by Crippen LogP contribution is -2.48. The minimum atomic E-state index is -0.223. The predicted molar refractivity (Wildman–Crippen MR) is 115 cm³/mol. The van der Waals surface area contributed by atoms with E-state index < -0.39 is 0 Å². The van der Waals surface area contributed by atoms with E-state index >= 15 is 0 Å². The topological polar surface area (TPSA) is 63.0 Å². The van der Waals surface area contributed by atoms with Crippen molar-refractivity contribution in [3.05, 3.63) is 71.6 Å². The smallest absolute Gasteiger partial charge is 0.173 e. The van der Waals surface area contributed by atoms with Crippen molar-refractivity contribution in [2.45, 2.75) is 44.3 Å². The Balaban J connectivity index is 1.37. The molecule has 162 valence electrons. The first-order chi connectivity index (χ1) is 15.3. The van der Waals surface area contributed by atoms with Gasteiger partial charge in [0.25, 0.3) is 0 Å². The molecule has 1 atom stereocenters. The van der Waals surface area contributed by atoms with Gasteiger partial charge in [0.1, 0.15) is 5.82 Å². The van der Waals surface area contributed by atoms with E-state index in [0.29, 0.717) is 6.04 Å². The Labute approximate surface area is 181 Å². The molecule has 0 unspecified atom stereocenters. The number of piperazine rings is 1. The van der Waals surface area contributed by atoms with Crippen molar-refractivity contribution in [1.29, 1.82) is 0 Å². The SMILES string of the molecule is Fc1ccc([C@H](c2nnnn2C2CCCC2)N2CCN(Cc3cccnc3)CC2)cc1. The van der Waals surface area contributed by atoms with Gasteiger partial charge in [-0.15, -0.1) is 5.10 Å². The molecule has 0 spiro atoms. The van der Waals surface area contributed by atoms with Crippen LogP contribution in [0.25, 0.3) is 0 Å². The first-order valence-electron chi connectivity index (χ1n) is 11.2. The number of pyridine rings is 1. The largest absolute Gasteiger partial charge is 0.296 e. The summed E-state index contributed by atoms with van der Waals surface area (Å²) in [7, 11) is 0. The van der Waals surface area contributed by atoms with Crippen LogP contribution in [0.3, 0.4) is 0 Å². The fourth-order valence-corrected chi connectivity index (χ4v) is 4.89. The highest BCUT2D eigenvalue weighted by Crippen LogP contribution is 2.34. The highest BCUT2D eigenvalue weighted by Gasteiger charge is 2.33. The second-order valence-electron chi connectivity index (χ2n) is 8.55. The molecule has 1 saturated heterocycles. The molecule has 5 rings (SSSR count). The molecule has 0 bridgehead atoms. The standard InChI is InChI=1S/C23H28FN7/c24-20-9-7-19(8-10-20)22(23-26-27-28-31(23)21-5-1-2-6-21)30-14-12-29(13-15-30)17-18-4-3-11-25-16-18/h3-4,7-11,16,21-22H,1-2,5-6,12-15,17H2/t22-/m1/s1. The summed E-state index contributed by atoms with van der Waals surface area (Å²) < 4.78 is 15.7. The summed E-state index contributed by atoms with van der Waals surface area (Å²) in [6.45, 7) is 4.62. The summed E-state index contributed by atoms with van der Waals surface area (Å²) in [5.41, 5.74) is 2.27. The zero-order valence-electron chi connectivity index (χ0n) is 17.6. The third-order valence-electron chi connectivity index (χ3n) is 6.52. The second-order valence-corrected chi connectivity index (χ2v) is 8.55. The van der Waals surface area contributed by atoms with E-state index in [4.69, 9.17) is 0 Å². The van der Waals surface area contributed by atoms with Crippen LogP contribution in [0.1, 0.15) is 54.7 Å². The van der Waals surface area contributed by atoms with Gasteiger partial charge in [-0.1, -0.05) is 31.0 Å². The maximum atomic E-state index is 13.6. The summed E-state index contributed by atoms with van der Waals surface area (Å²) in [6, 6.07) is 11.2. The van der Waals surface area contributed by atoms with Crippen molar-refractivity contribution in [2.75, 3.05) is 26.2 Å². The number of tetrazole rings is 1. The number of aromatic nitrogens is 5. The molecule has 0 radical (unpaired) electrons. The predicted octanol–water partition coefficient (Wildman–Crippen LogP) is 3.23. The third-order valence-corrected chi connectivity index (χ3v) is 6.52. The highest BCUT2D eigenvalue weighted by atomic mass is 19.1. The van der Waals surface area contributed by atoms with E-state index in [1.54, 1.807) is 0 Å². The molecule has 2 aliphatic rings. The number of halogens is 1. The molecule has 0 amide bonds. The molecule has 0 N–H and O–H groups in total. The lowest BCUT2D eigenvalue weighted by atomic mass is 10.0. The van der Waals surface area contributed by atoms with Crippen molar-refractivity contribution in [3.8, 4) is 0 Å². The Morgan fingerprint density at radius 1 is 1.00 bits per heavy atom. The van der Waals surface area contributed by atoms with Gasteiger partial charge in [0.2, 0.25) is 0 Å². The molecule has 1 aliphatic carbocycles. The van der Waals surface area contributed by atoms with Crippen LogP contribution in [-0.4, -0.2) is 61.2 Å². The summed E-state index contributed by atoms with van der Waals surface area (Å²) in [5.74, 6) is 0.651. The Morgan fingerprint density at radius 3 is 2.48 bits per heavy atom. The van der Waals surface area contributed by atoms with Crippen molar-refractivity contribution in [3.63, 3.8) is 0 Å². The first kappa shape index (κ1) is 20.2. The van der Waals surface area contributed by atoms with Gasteiger partial charge in [0.15, 0.2) is 5.82 Å². The van der Waals surface area contributed by atoms with Gasteiger partial charge < -0.3 is 0 Å². The lowest BCUT2D eigenvalue weighted by molar-refractivity contribution is 0.0992. The molecule has 7 nitrogen and oxygen atoms in total. The van der Waals surface area contributed by atoms with Gasteiger partial charge in [-0.25, -0.2) is 9.07 Å². The van der Waals surface area contributed by atoms with E-state index in [1.807, 2.05) is 35.3 Å². The third kappa shape index (κ3) is 4.50. The minimum absolute atomic E-state index is 0.0725. The molecule has 2 fully saturated rings. The number of hydrogen-bond donors (Lipinski definition) is 0. The fourth-order valence-electron chi connectivity index (χ4n) is 4.89. The van der Waals surface area contributed by atoms with Gasteiger partial charge in [0.05, 0.1) is 12.1 Å². The Morgan fingerprint density at radius 2 is 1.77 bits per heavy atom. The van der Waals surface area contributed by atoms with Crippen LogP contribution in [0.4, 0.5) is 4.39 Å². The van der Waals surface area contributed by atoms with Crippen molar-refractivity contribution < 1.29 is 4.39 Å². The Bertz CT molecular complexity index is 961. The average molecular weight is 422 g/mol.